The van der Waals surface area contributed by atoms with Crippen molar-refractivity contribution >= 4 is 26.0 Å². The fraction of sp³-hybridized carbons (Fsp3) is 0.588. The van der Waals surface area contributed by atoms with Crippen molar-refractivity contribution in [3.63, 3.8) is 0 Å². The van der Waals surface area contributed by atoms with Crippen LogP contribution in [-0.4, -0.2) is 52.8 Å². The summed E-state index contributed by atoms with van der Waals surface area (Å²) in [6, 6.07) is 4.97. The van der Waals surface area contributed by atoms with Crippen LogP contribution in [-0.2, 0) is 29.6 Å². The molecule has 0 unspecified atom stereocenters. The van der Waals surface area contributed by atoms with Crippen LogP contribution >= 0.6 is 0 Å². The van der Waals surface area contributed by atoms with E-state index < -0.39 is 32.6 Å². The van der Waals surface area contributed by atoms with E-state index in [9.17, 15) is 21.6 Å². The van der Waals surface area contributed by atoms with E-state index in [1.54, 1.807) is 6.92 Å². The van der Waals surface area contributed by atoms with Gasteiger partial charge in [0.05, 0.1) is 16.4 Å². The van der Waals surface area contributed by atoms with E-state index in [0.29, 0.717) is 0 Å². The summed E-state index contributed by atoms with van der Waals surface area (Å²) in [5.41, 5.74) is 0. The number of carbonyl (C=O) groups excluding carboxylic acids is 1. The van der Waals surface area contributed by atoms with Crippen LogP contribution in [0.5, 0.6) is 0 Å². The van der Waals surface area contributed by atoms with Crippen molar-refractivity contribution in [1.29, 1.82) is 0 Å². The van der Waals surface area contributed by atoms with E-state index in [2.05, 4.69) is 4.72 Å². The summed E-state index contributed by atoms with van der Waals surface area (Å²) < 4.78 is 58.7. The molecule has 27 heavy (non-hydrogen) atoms. The third kappa shape index (κ3) is 6.00. The second-order valence-electron chi connectivity index (χ2n) is 6.86. The number of carbonyl (C=O) groups is 1. The van der Waals surface area contributed by atoms with Gasteiger partial charge in [-0.15, -0.1) is 0 Å². The molecule has 0 bridgehead atoms. The van der Waals surface area contributed by atoms with E-state index in [-0.39, 0.29) is 34.9 Å². The Kier molecular flexibility index (Phi) is 7.01. The monoisotopic (exact) mass is 418 g/mol. The molecule has 0 heterocycles. The van der Waals surface area contributed by atoms with E-state index in [4.69, 9.17) is 4.74 Å². The van der Waals surface area contributed by atoms with Gasteiger partial charge in [-0.2, -0.15) is 4.31 Å². The summed E-state index contributed by atoms with van der Waals surface area (Å²) in [6.07, 6.45) is 1.62. The van der Waals surface area contributed by atoms with Crippen LogP contribution in [0, 0.1) is 5.92 Å². The lowest BCUT2D eigenvalue weighted by atomic mass is 10.2. The minimum atomic E-state index is -3.97. The van der Waals surface area contributed by atoms with Gasteiger partial charge in [0, 0.05) is 12.6 Å². The van der Waals surface area contributed by atoms with Gasteiger partial charge in [0.1, 0.15) is 6.54 Å². The van der Waals surface area contributed by atoms with Crippen molar-refractivity contribution in [2.45, 2.75) is 49.4 Å². The van der Waals surface area contributed by atoms with Gasteiger partial charge in [-0.25, -0.2) is 21.6 Å². The fourth-order valence-electron chi connectivity index (χ4n) is 2.43. The number of esters is 1. The lowest BCUT2D eigenvalue weighted by Crippen LogP contribution is -2.38. The molecular weight excluding hydrogens is 392 g/mol. The molecule has 1 aromatic rings. The third-order valence-corrected chi connectivity index (χ3v) is 7.21. The summed E-state index contributed by atoms with van der Waals surface area (Å²) in [5.74, 6) is -0.633. The highest BCUT2D eigenvalue weighted by atomic mass is 32.2. The molecule has 1 saturated carbocycles. The lowest BCUT2D eigenvalue weighted by Gasteiger charge is -2.23. The normalized spacial score (nSPS) is 15.3. The molecule has 2 rings (SSSR count). The highest BCUT2D eigenvalue weighted by Gasteiger charge is 2.30. The van der Waals surface area contributed by atoms with E-state index in [1.807, 2.05) is 13.8 Å². The van der Waals surface area contributed by atoms with Gasteiger partial charge in [-0.1, -0.05) is 13.8 Å². The Bertz CT molecular complexity index is 859. The van der Waals surface area contributed by atoms with Crippen LogP contribution in [0.2, 0.25) is 0 Å². The Morgan fingerprint density at radius 2 is 1.70 bits per heavy atom. The quantitative estimate of drug-likeness (QED) is 0.574. The maximum atomic E-state index is 12.9. The van der Waals surface area contributed by atoms with Crippen LogP contribution in [0.1, 0.15) is 33.6 Å². The first-order valence-corrected chi connectivity index (χ1v) is 11.8. The number of nitrogens with zero attached hydrogens (tertiary/aromatic N) is 1. The second-order valence-corrected chi connectivity index (χ2v) is 10.5. The Hall–Kier alpha value is -1.49. The number of rotatable bonds is 10. The van der Waals surface area contributed by atoms with Crippen molar-refractivity contribution < 1.29 is 26.4 Å². The fourth-order valence-corrected chi connectivity index (χ4v) is 5.29. The predicted molar refractivity (Wildman–Crippen MR) is 100 cm³/mol. The molecule has 1 fully saturated rings. The Morgan fingerprint density at radius 1 is 1.15 bits per heavy atom. The Balaban J connectivity index is 2.24. The molecule has 0 saturated heterocycles. The molecule has 0 aromatic heterocycles. The molecule has 10 heteroatoms. The van der Waals surface area contributed by atoms with Crippen molar-refractivity contribution in [2.24, 2.45) is 5.92 Å². The summed E-state index contributed by atoms with van der Waals surface area (Å²) in [4.78, 5) is 11.7. The minimum absolute atomic E-state index is 0.00315. The standard InChI is InChI=1S/C17H26N2O6S2/c1-4-25-17(20)12-19(11-13(2)3)27(23,24)16-9-7-15(8-10-16)26(21,22)18-14-5-6-14/h7-10,13-14,18H,4-6,11-12H2,1-3H3. The van der Waals surface area contributed by atoms with Crippen LogP contribution < -0.4 is 4.72 Å². The van der Waals surface area contributed by atoms with Gasteiger partial charge >= 0.3 is 5.97 Å². The SMILES string of the molecule is CCOC(=O)CN(CC(C)C)S(=O)(=O)c1ccc(S(=O)(=O)NC2CC2)cc1. The topological polar surface area (TPSA) is 110 Å². The van der Waals surface area contributed by atoms with Crippen molar-refractivity contribution in [3.8, 4) is 0 Å². The summed E-state index contributed by atoms with van der Waals surface area (Å²) >= 11 is 0. The van der Waals surface area contributed by atoms with E-state index in [1.165, 1.54) is 24.3 Å². The largest absolute Gasteiger partial charge is 0.465 e. The first-order chi connectivity index (χ1) is 12.6. The Morgan fingerprint density at radius 3 is 2.19 bits per heavy atom. The summed E-state index contributed by atoms with van der Waals surface area (Å²) in [5, 5.41) is 0. The number of nitrogens with one attached hydrogen (secondary N) is 1. The Labute approximate surface area is 161 Å². The summed E-state index contributed by atoms with van der Waals surface area (Å²) in [6.45, 7) is 5.24. The molecule has 1 aromatic carbocycles. The molecule has 0 radical (unpaired) electrons. The van der Waals surface area contributed by atoms with E-state index in [0.717, 1.165) is 17.1 Å². The maximum Gasteiger partial charge on any atom is 0.321 e. The van der Waals surface area contributed by atoms with Gasteiger partial charge in [-0.3, -0.25) is 4.79 Å². The molecule has 1 N–H and O–H groups in total. The predicted octanol–water partition coefficient (Wildman–Crippen LogP) is 1.34. The van der Waals surface area contributed by atoms with Gasteiger partial charge in [0.15, 0.2) is 0 Å². The zero-order valence-electron chi connectivity index (χ0n) is 15.7. The highest BCUT2D eigenvalue weighted by molar-refractivity contribution is 7.89. The van der Waals surface area contributed by atoms with Crippen LogP contribution in [0.15, 0.2) is 34.1 Å². The van der Waals surface area contributed by atoms with E-state index >= 15 is 0 Å². The zero-order valence-corrected chi connectivity index (χ0v) is 17.3. The zero-order chi connectivity index (χ0) is 20.2. The number of hydrogen-bond acceptors (Lipinski definition) is 6. The van der Waals surface area contributed by atoms with Crippen molar-refractivity contribution in [1.82, 2.24) is 9.03 Å². The number of sulfonamides is 2. The average Bonchev–Trinajstić information content (AvgIpc) is 3.37. The molecule has 0 aliphatic heterocycles. The smallest absolute Gasteiger partial charge is 0.321 e. The first-order valence-electron chi connectivity index (χ1n) is 8.84. The first kappa shape index (κ1) is 21.8. The molecule has 152 valence electrons. The number of hydrogen-bond donors (Lipinski definition) is 1. The molecule has 0 amide bonds. The molecule has 1 aliphatic rings. The molecule has 8 nitrogen and oxygen atoms in total. The molecule has 0 atom stereocenters. The number of ether oxygens (including phenoxy) is 1. The molecular formula is C17H26N2O6S2. The summed E-state index contributed by atoms with van der Waals surface area (Å²) in [7, 11) is -7.62. The van der Waals surface area contributed by atoms with Crippen molar-refractivity contribution in [2.75, 3.05) is 19.7 Å². The third-order valence-electron chi connectivity index (χ3n) is 3.85. The van der Waals surface area contributed by atoms with Crippen molar-refractivity contribution in [3.05, 3.63) is 24.3 Å². The van der Waals surface area contributed by atoms with Crippen LogP contribution in [0.25, 0.3) is 0 Å². The lowest BCUT2D eigenvalue weighted by molar-refractivity contribution is -0.143. The molecule has 1 aliphatic carbocycles. The van der Waals surface area contributed by atoms with Gasteiger partial charge in [0.2, 0.25) is 20.0 Å². The minimum Gasteiger partial charge on any atom is -0.465 e. The second kappa shape index (κ2) is 8.68. The highest BCUT2D eigenvalue weighted by Crippen LogP contribution is 2.24. The van der Waals surface area contributed by atoms with Crippen LogP contribution in [0.4, 0.5) is 0 Å². The average molecular weight is 419 g/mol. The number of benzene rings is 1. The van der Waals surface area contributed by atoms with Gasteiger partial charge in [0.25, 0.3) is 0 Å². The molecule has 0 spiro atoms. The maximum absolute atomic E-state index is 12.9. The van der Waals surface area contributed by atoms with Gasteiger partial charge < -0.3 is 4.74 Å². The van der Waals surface area contributed by atoms with Crippen LogP contribution in [0.3, 0.4) is 0 Å². The van der Waals surface area contributed by atoms with Gasteiger partial charge in [-0.05, 0) is 49.9 Å².